The van der Waals surface area contributed by atoms with Crippen molar-refractivity contribution in [1.82, 2.24) is 15.5 Å². The molecular formula is C18H29IN4O. The van der Waals surface area contributed by atoms with Gasteiger partial charge in [-0.05, 0) is 31.7 Å². The molecule has 1 amide bonds. The Morgan fingerprint density at radius 2 is 2.04 bits per heavy atom. The van der Waals surface area contributed by atoms with Gasteiger partial charge in [0.15, 0.2) is 5.96 Å². The molecule has 0 unspecified atom stereocenters. The number of amides is 1. The van der Waals surface area contributed by atoms with Crippen molar-refractivity contribution in [1.29, 1.82) is 0 Å². The van der Waals surface area contributed by atoms with Crippen molar-refractivity contribution in [3.8, 4) is 0 Å². The lowest BCUT2D eigenvalue weighted by molar-refractivity contribution is -0.127. The first-order chi connectivity index (χ1) is 11.3. The Bertz CT molecular complexity index is 507. The van der Waals surface area contributed by atoms with Gasteiger partial charge in [-0.3, -0.25) is 9.79 Å². The van der Waals surface area contributed by atoms with E-state index in [2.05, 4.69) is 46.8 Å². The zero-order valence-corrected chi connectivity index (χ0v) is 16.8. The average Bonchev–Trinajstić information content (AvgIpc) is 2.97. The quantitative estimate of drug-likeness (QED) is 0.280. The Morgan fingerprint density at radius 1 is 1.25 bits per heavy atom. The maximum Gasteiger partial charge on any atom is 0.222 e. The Balaban J connectivity index is 0.00000288. The highest BCUT2D eigenvalue weighted by Gasteiger charge is 2.18. The van der Waals surface area contributed by atoms with E-state index < -0.39 is 0 Å². The second kappa shape index (κ2) is 12.1. The van der Waals surface area contributed by atoms with Crippen LogP contribution in [-0.4, -0.2) is 49.5 Å². The van der Waals surface area contributed by atoms with Crippen LogP contribution in [0.1, 0.15) is 31.7 Å². The highest BCUT2D eigenvalue weighted by molar-refractivity contribution is 14.0. The second-order valence-electron chi connectivity index (χ2n) is 5.76. The first-order valence-electron chi connectivity index (χ1n) is 8.63. The molecule has 24 heavy (non-hydrogen) atoms. The standard InChI is InChI=1S/C18H28N4O.HI/c1-2-19-18(21-13-11-16-8-4-3-5-9-16)20-12-7-15-22-14-6-10-17(22)23;/h3-5,8-9H,2,6-7,10-15H2,1H3,(H2,19,20,21);1H. The SMILES string of the molecule is CCNC(=NCCCN1CCCC1=O)NCCc1ccccc1.I. The number of nitrogens with one attached hydrogen (secondary N) is 2. The molecule has 0 bridgehead atoms. The number of carbonyl (C=O) groups excluding carboxylic acids is 1. The van der Waals surface area contributed by atoms with Crippen LogP contribution in [-0.2, 0) is 11.2 Å². The number of carbonyl (C=O) groups is 1. The molecule has 1 fully saturated rings. The third-order valence-corrected chi connectivity index (χ3v) is 3.92. The molecule has 1 aliphatic heterocycles. The number of benzene rings is 1. The van der Waals surface area contributed by atoms with E-state index in [1.165, 1.54) is 5.56 Å². The van der Waals surface area contributed by atoms with Gasteiger partial charge in [-0.2, -0.15) is 0 Å². The molecule has 1 aliphatic rings. The van der Waals surface area contributed by atoms with Crippen molar-refractivity contribution in [3.63, 3.8) is 0 Å². The minimum atomic E-state index is 0. The van der Waals surface area contributed by atoms with Gasteiger partial charge in [0.05, 0.1) is 0 Å². The molecule has 1 saturated heterocycles. The molecule has 1 aromatic carbocycles. The fraction of sp³-hybridized carbons (Fsp3) is 0.556. The summed E-state index contributed by atoms with van der Waals surface area (Å²) in [6.45, 7) is 6.26. The van der Waals surface area contributed by atoms with Gasteiger partial charge in [-0.1, -0.05) is 30.3 Å². The highest BCUT2D eigenvalue weighted by atomic mass is 127. The summed E-state index contributed by atoms with van der Waals surface area (Å²) in [6.07, 6.45) is 3.62. The molecule has 2 N–H and O–H groups in total. The molecule has 1 aromatic rings. The maximum absolute atomic E-state index is 11.5. The number of guanidine groups is 1. The van der Waals surface area contributed by atoms with Crippen molar-refractivity contribution < 1.29 is 4.79 Å². The van der Waals surface area contributed by atoms with E-state index in [-0.39, 0.29) is 24.0 Å². The molecule has 134 valence electrons. The van der Waals surface area contributed by atoms with E-state index in [0.29, 0.717) is 12.3 Å². The summed E-state index contributed by atoms with van der Waals surface area (Å²) in [6, 6.07) is 10.4. The molecule has 0 spiro atoms. The topological polar surface area (TPSA) is 56.7 Å². The Morgan fingerprint density at radius 3 is 2.71 bits per heavy atom. The predicted molar refractivity (Wildman–Crippen MR) is 110 cm³/mol. The summed E-state index contributed by atoms with van der Waals surface area (Å²) in [5.41, 5.74) is 1.32. The van der Waals surface area contributed by atoms with Crippen molar-refractivity contribution in [2.24, 2.45) is 4.99 Å². The number of hydrogen-bond donors (Lipinski definition) is 2. The normalized spacial score (nSPS) is 14.5. The minimum Gasteiger partial charge on any atom is -0.357 e. The van der Waals surface area contributed by atoms with Crippen molar-refractivity contribution in [2.45, 2.75) is 32.6 Å². The molecule has 0 saturated carbocycles. The zero-order chi connectivity index (χ0) is 16.3. The molecule has 0 radical (unpaired) electrons. The lowest BCUT2D eigenvalue weighted by Crippen LogP contribution is -2.38. The van der Waals surface area contributed by atoms with Gasteiger partial charge in [-0.25, -0.2) is 0 Å². The molecule has 0 aromatic heterocycles. The monoisotopic (exact) mass is 444 g/mol. The average molecular weight is 444 g/mol. The van der Waals surface area contributed by atoms with Crippen LogP contribution in [0.15, 0.2) is 35.3 Å². The van der Waals surface area contributed by atoms with Crippen LogP contribution >= 0.6 is 24.0 Å². The summed E-state index contributed by atoms with van der Waals surface area (Å²) >= 11 is 0. The first kappa shape index (κ1) is 20.7. The second-order valence-corrected chi connectivity index (χ2v) is 5.76. The van der Waals surface area contributed by atoms with Crippen molar-refractivity contribution in [3.05, 3.63) is 35.9 Å². The molecule has 0 atom stereocenters. The summed E-state index contributed by atoms with van der Waals surface area (Å²) < 4.78 is 0. The molecule has 5 nitrogen and oxygen atoms in total. The van der Waals surface area contributed by atoms with Gasteiger partial charge < -0.3 is 15.5 Å². The third kappa shape index (κ3) is 7.51. The van der Waals surface area contributed by atoms with Crippen LogP contribution in [0.4, 0.5) is 0 Å². The summed E-state index contributed by atoms with van der Waals surface area (Å²) in [5.74, 6) is 1.15. The molecule has 2 rings (SSSR count). The minimum absolute atomic E-state index is 0. The van der Waals surface area contributed by atoms with Crippen LogP contribution in [0.5, 0.6) is 0 Å². The van der Waals surface area contributed by atoms with E-state index in [1.807, 2.05) is 11.0 Å². The number of nitrogens with zero attached hydrogens (tertiary/aromatic N) is 2. The largest absolute Gasteiger partial charge is 0.357 e. The maximum atomic E-state index is 11.5. The van der Waals surface area contributed by atoms with E-state index >= 15 is 0 Å². The number of halogens is 1. The summed E-state index contributed by atoms with van der Waals surface area (Å²) in [4.78, 5) is 18.1. The van der Waals surface area contributed by atoms with Crippen LogP contribution in [0.3, 0.4) is 0 Å². The summed E-state index contributed by atoms with van der Waals surface area (Å²) in [5, 5.41) is 6.63. The fourth-order valence-corrected chi connectivity index (χ4v) is 2.70. The van der Waals surface area contributed by atoms with Crippen molar-refractivity contribution in [2.75, 3.05) is 32.7 Å². The van der Waals surface area contributed by atoms with Gasteiger partial charge in [0.25, 0.3) is 0 Å². The van der Waals surface area contributed by atoms with Gasteiger partial charge in [0.1, 0.15) is 0 Å². The number of hydrogen-bond acceptors (Lipinski definition) is 2. The Hall–Kier alpha value is -1.31. The molecular weight excluding hydrogens is 415 g/mol. The van der Waals surface area contributed by atoms with Gasteiger partial charge in [0.2, 0.25) is 5.91 Å². The Kier molecular flexibility index (Phi) is 10.5. The molecule has 1 heterocycles. The van der Waals surface area contributed by atoms with Crippen LogP contribution in [0.25, 0.3) is 0 Å². The first-order valence-corrected chi connectivity index (χ1v) is 8.63. The number of likely N-dealkylation sites (tertiary alicyclic amines) is 1. The predicted octanol–water partition coefficient (Wildman–Crippen LogP) is 2.41. The third-order valence-electron chi connectivity index (χ3n) is 3.92. The summed E-state index contributed by atoms with van der Waals surface area (Å²) in [7, 11) is 0. The lowest BCUT2D eigenvalue weighted by Gasteiger charge is -2.15. The van der Waals surface area contributed by atoms with E-state index in [9.17, 15) is 4.79 Å². The number of aliphatic imine (C=N–C) groups is 1. The van der Waals surface area contributed by atoms with Gasteiger partial charge in [0, 0.05) is 39.1 Å². The van der Waals surface area contributed by atoms with Crippen LogP contribution in [0, 0.1) is 0 Å². The van der Waals surface area contributed by atoms with Gasteiger partial charge in [-0.15, -0.1) is 24.0 Å². The highest BCUT2D eigenvalue weighted by Crippen LogP contribution is 2.09. The zero-order valence-electron chi connectivity index (χ0n) is 14.5. The fourth-order valence-electron chi connectivity index (χ4n) is 2.70. The smallest absolute Gasteiger partial charge is 0.222 e. The van der Waals surface area contributed by atoms with E-state index in [0.717, 1.165) is 57.9 Å². The lowest BCUT2D eigenvalue weighted by atomic mass is 10.1. The van der Waals surface area contributed by atoms with Crippen LogP contribution in [0.2, 0.25) is 0 Å². The Labute approximate surface area is 162 Å². The van der Waals surface area contributed by atoms with Crippen molar-refractivity contribution >= 4 is 35.8 Å². The van der Waals surface area contributed by atoms with Gasteiger partial charge >= 0.3 is 0 Å². The molecule has 6 heteroatoms. The van der Waals surface area contributed by atoms with Crippen LogP contribution < -0.4 is 10.6 Å². The van der Waals surface area contributed by atoms with E-state index in [4.69, 9.17) is 0 Å². The van der Waals surface area contributed by atoms with E-state index in [1.54, 1.807) is 0 Å². The number of rotatable bonds is 8. The molecule has 0 aliphatic carbocycles.